The van der Waals surface area contributed by atoms with E-state index < -0.39 is 0 Å². The molecule has 1 aliphatic heterocycles. The highest BCUT2D eigenvalue weighted by atomic mass is 32.1. The van der Waals surface area contributed by atoms with Gasteiger partial charge in [-0.3, -0.25) is 4.79 Å². The number of aromatic nitrogens is 1. The topological polar surface area (TPSA) is 55.6 Å². The average molecular weight is 665 g/mol. The fourth-order valence-electron chi connectivity index (χ4n) is 6.88. The van der Waals surface area contributed by atoms with E-state index in [9.17, 15) is 9.18 Å². The van der Waals surface area contributed by atoms with E-state index in [1.54, 1.807) is 6.07 Å². The summed E-state index contributed by atoms with van der Waals surface area (Å²) in [7, 11) is 0. The Morgan fingerprint density at radius 3 is 2.40 bits per heavy atom. The number of thiol groups is 1. The van der Waals surface area contributed by atoms with Crippen LogP contribution < -0.4 is 9.64 Å². The lowest BCUT2D eigenvalue weighted by Crippen LogP contribution is -2.34. The van der Waals surface area contributed by atoms with Crippen LogP contribution in [0.2, 0.25) is 0 Å². The Labute approximate surface area is 288 Å². The summed E-state index contributed by atoms with van der Waals surface area (Å²) in [5.41, 5.74) is 4.34. The number of halogens is 1. The van der Waals surface area contributed by atoms with Crippen molar-refractivity contribution in [1.82, 2.24) is 5.16 Å². The van der Waals surface area contributed by atoms with E-state index in [0.717, 1.165) is 85.3 Å². The first-order chi connectivity index (χ1) is 23.1. The summed E-state index contributed by atoms with van der Waals surface area (Å²) in [5, 5.41) is 5.22. The van der Waals surface area contributed by atoms with Crippen LogP contribution in [0.1, 0.15) is 138 Å². The van der Waals surface area contributed by atoms with Crippen molar-refractivity contribution in [3.8, 4) is 5.75 Å². The van der Waals surface area contributed by atoms with Gasteiger partial charge in [0.05, 0.1) is 17.9 Å². The molecule has 1 aliphatic rings. The number of ether oxygens (including phenoxy) is 1. The molecule has 0 amide bonds. The number of piperidine rings is 1. The zero-order valence-corrected chi connectivity index (χ0v) is 29.8. The molecule has 1 saturated heterocycles. The molecule has 4 rings (SSSR count). The SMILES string of the molecule is CCCCCCCC/C=C\CCCCCC(CS)COc1c(C=O)ccc(N2CCC(c3noc4cc(F)ccc34)CC2)c1CCC. The molecule has 0 bridgehead atoms. The first-order valence-corrected chi connectivity index (χ1v) is 19.0. The number of carbonyl (C=O) groups excluding carboxylic acids is 1. The van der Waals surface area contributed by atoms with E-state index in [1.807, 2.05) is 6.07 Å². The quantitative estimate of drug-likeness (QED) is 0.0501. The fraction of sp³-hybridized carbons (Fsp3) is 0.600. The van der Waals surface area contributed by atoms with Gasteiger partial charge in [-0.1, -0.05) is 82.5 Å². The molecular formula is C40H57FN2O3S. The zero-order valence-electron chi connectivity index (χ0n) is 28.9. The number of unbranched alkanes of at least 4 members (excludes halogenated alkanes) is 9. The number of aldehydes is 1. The maximum Gasteiger partial charge on any atom is 0.170 e. The maximum atomic E-state index is 13.7. The Morgan fingerprint density at radius 2 is 1.70 bits per heavy atom. The van der Waals surface area contributed by atoms with Crippen LogP contribution >= 0.6 is 12.6 Å². The van der Waals surface area contributed by atoms with Crippen LogP contribution in [0.25, 0.3) is 11.0 Å². The van der Waals surface area contributed by atoms with E-state index >= 15 is 0 Å². The van der Waals surface area contributed by atoms with Crippen LogP contribution in [0.4, 0.5) is 10.1 Å². The van der Waals surface area contributed by atoms with Crippen molar-refractivity contribution in [2.45, 2.75) is 122 Å². The highest BCUT2D eigenvalue weighted by Crippen LogP contribution is 2.39. The second kappa shape index (κ2) is 20.5. The molecule has 3 aromatic rings. The number of nitrogens with zero attached hydrogens (tertiary/aromatic N) is 2. The number of hydrogen-bond donors (Lipinski definition) is 1. The molecule has 1 fully saturated rings. The van der Waals surface area contributed by atoms with Crippen LogP contribution in [0, 0.1) is 11.7 Å². The average Bonchev–Trinajstić information content (AvgIpc) is 3.51. The number of anilines is 1. The van der Waals surface area contributed by atoms with Crippen molar-refractivity contribution in [3.63, 3.8) is 0 Å². The minimum atomic E-state index is -0.312. The number of benzene rings is 2. The smallest absolute Gasteiger partial charge is 0.170 e. The Hall–Kier alpha value is -2.80. The van der Waals surface area contributed by atoms with Gasteiger partial charge in [-0.2, -0.15) is 12.6 Å². The standard InChI is InChI=1S/C40H57FN2O3S/c1-3-5-6-7-8-9-10-11-12-13-14-15-16-18-31(30-47)29-45-40-33(28-44)19-22-37(35(40)17-4-2)43-25-23-32(24-26-43)39-36-21-20-34(41)27-38(36)46-42-39/h11-12,19-22,27-28,31-32,47H,3-10,13-18,23-26,29-30H2,1-2H3/b12-11-. The first kappa shape index (κ1) is 37.0. The van der Waals surface area contributed by atoms with E-state index in [2.05, 4.69) is 54.8 Å². The molecule has 2 heterocycles. The monoisotopic (exact) mass is 664 g/mol. The fourth-order valence-corrected chi connectivity index (χ4v) is 7.17. The van der Waals surface area contributed by atoms with Crippen molar-refractivity contribution < 1.29 is 18.4 Å². The predicted octanol–water partition coefficient (Wildman–Crippen LogP) is 11.3. The minimum Gasteiger partial charge on any atom is -0.492 e. The number of rotatable bonds is 22. The van der Waals surface area contributed by atoms with Gasteiger partial charge in [-0.15, -0.1) is 0 Å². The molecule has 1 atom stereocenters. The molecule has 0 spiro atoms. The lowest BCUT2D eigenvalue weighted by atomic mass is 9.90. The Bertz CT molecular complexity index is 1380. The van der Waals surface area contributed by atoms with Gasteiger partial charge in [0.2, 0.25) is 0 Å². The van der Waals surface area contributed by atoms with Crippen LogP contribution in [0.3, 0.4) is 0 Å². The van der Waals surface area contributed by atoms with Crippen LogP contribution in [-0.2, 0) is 6.42 Å². The third-order valence-corrected chi connectivity index (χ3v) is 10.2. The van der Waals surface area contributed by atoms with Crippen LogP contribution in [0.5, 0.6) is 5.75 Å². The molecular weight excluding hydrogens is 608 g/mol. The molecule has 0 saturated carbocycles. The summed E-state index contributed by atoms with van der Waals surface area (Å²) in [6.45, 7) is 6.75. The third-order valence-electron chi connectivity index (χ3n) is 9.67. The maximum absolute atomic E-state index is 13.7. The molecule has 2 aromatic carbocycles. The minimum absolute atomic E-state index is 0.259. The number of allylic oxidation sites excluding steroid dienone is 2. The van der Waals surface area contributed by atoms with E-state index in [-0.39, 0.29) is 11.7 Å². The van der Waals surface area contributed by atoms with Crippen molar-refractivity contribution in [3.05, 3.63) is 65.1 Å². The third kappa shape index (κ3) is 11.1. The highest BCUT2D eigenvalue weighted by Gasteiger charge is 2.27. The lowest BCUT2D eigenvalue weighted by molar-refractivity contribution is 0.111. The largest absolute Gasteiger partial charge is 0.492 e. The summed E-state index contributed by atoms with van der Waals surface area (Å²) in [4.78, 5) is 14.6. The summed E-state index contributed by atoms with van der Waals surface area (Å²) >= 11 is 4.66. The second-order valence-electron chi connectivity index (χ2n) is 13.3. The molecule has 0 aliphatic carbocycles. The summed E-state index contributed by atoms with van der Waals surface area (Å²) in [5.74, 6) is 1.81. The summed E-state index contributed by atoms with van der Waals surface area (Å²) in [6, 6.07) is 8.66. The number of hydrogen-bond acceptors (Lipinski definition) is 6. The van der Waals surface area contributed by atoms with Gasteiger partial charge in [0.25, 0.3) is 0 Å². The van der Waals surface area contributed by atoms with Gasteiger partial charge in [-0.05, 0) is 81.4 Å². The highest BCUT2D eigenvalue weighted by molar-refractivity contribution is 7.80. The zero-order chi connectivity index (χ0) is 33.3. The molecule has 258 valence electrons. The van der Waals surface area contributed by atoms with Gasteiger partial charge >= 0.3 is 0 Å². The lowest BCUT2D eigenvalue weighted by Gasteiger charge is -2.35. The van der Waals surface area contributed by atoms with Crippen molar-refractivity contribution >= 4 is 35.6 Å². The van der Waals surface area contributed by atoms with Crippen LogP contribution in [-0.4, -0.2) is 36.9 Å². The summed E-state index contributed by atoms with van der Waals surface area (Å²) in [6.07, 6.45) is 24.6. The van der Waals surface area contributed by atoms with Crippen molar-refractivity contribution in [1.29, 1.82) is 0 Å². The number of carbonyl (C=O) groups is 1. The Kier molecular flexibility index (Phi) is 16.2. The molecule has 0 radical (unpaired) electrons. The van der Waals surface area contributed by atoms with Gasteiger partial charge in [0.1, 0.15) is 11.6 Å². The molecule has 1 unspecified atom stereocenters. The Balaban J connectivity index is 1.27. The van der Waals surface area contributed by atoms with Crippen molar-refractivity contribution in [2.75, 3.05) is 30.3 Å². The first-order valence-electron chi connectivity index (χ1n) is 18.4. The van der Waals surface area contributed by atoms with Crippen LogP contribution in [0.15, 0.2) is 47.0 Å². The predicted molar refractivity (Wildman–Crippen MR) is 197 cm³/mol. The van der Waals surface area contributed by atoms with Gasteiger partial charge in [0, 0.05) is 47.6 Å². The second-order valence-corrected chi connectivity index (χ2v) is 13.7. The van der Waals surface area contributed by atoms with E-state index in [0.29, 0.717) is 23.7 Å². The van der Waals surface area contributed by atoms with E-state index in [4.69, 9.17) is 9.26 Å². The summed E-state index contributed by atoms with van der Waals surface area (Å²) < 4.78 is 25.6. The molecule has 7 heteroatoms. The normalized spacial score (nSPS) is 14.8. The number of fused-ring (bicyclic) bond motifs is 1. The Morgan fingerprint density at radius 1 is 0.979 bits per heavy atom. The van der Waals surface area contributed by atoms with Gasteiger partial charge in [-0.25, -0.2) is 4.39 Å². The molecule has 1 aromatic heterocycles. The van der Waals surface area contributed by atoms with Gasteiger partial charge in [0.15, 0.2) is 11.9 Å². The molecule has 5 nitrogen and oxygen atoms in total. The van der Waals surface area contributed by atoms with E-state index in [1.165, 1.54) is 82.8 Å². The van der Waals surface area contributed by atoms with Crippen molar-refractivity contribution in [2.24, 2.45) is 5.92 Å². The van der Waals surface area contributed by atoms with Gasteiger partial charge < -0.3 is 14.2 Å². The molecule has 0 N–H and O–H groups in total. The molecule has 47 heavy (non-hydrogen) atoms.